The number of benzene rings is 1. The first kappa shape index (κ1) is 16.2. The lowest BCUT2D eigenvalue weighted by molar-refractivity contribution is 0.0116. The number of allylic oxidation sites excluding steroid dienone is 1. The molecule has 2 saturated carbocycles. The zero-order chi connectivity index (χ0) is 16.9. The Kier molecular flexibility index (Phi) is 3.80. The third-order valence-electron chi connectivity index (χ3n) is 7.75. The maximum Gasteiger partial charge on any atom is 0.119 e. The lowest BCUT2D eigenvalue weighted by atomic mass is 9.48. The van der Waals surface area contributed by atoms with Crippen molar-refractivity contribution in [3.8, 4) is 5.75 Å². The molecule has 2 fully saturated rings. The molecule has 1 aromatic carbocycles. The van der Waals surface area contributed by atoms with Gasteiger partial charge in [-0.25, -0.2) is 0 Å². The summed E-state index contributed by atoms with van der Waals surface area (Å²) in [5.41, 5.74) is 3.36. The lowest BCUT2D eigenvalue weighted by Crippen LogP contribution is -2.50. The van der Waals surface area contributed by atoms with Crippen LogP contribution in [0.15, 0.2) is 30.9 Å². The van der Waals surface area contributed by atoms with Crippen LogP contribution in [0.5, 0.6) is 5.75 Å². The third kappa shape index (κ3) is 2.05. The minimum absolute atomic E-state index is 0.0905. The van der Waals surface area contributed by atoms with Crippen molar-refractivity contribution in [1.82, 2.24) is 0 Å². The second-order valence-electron chi connectivity index (χ2n) is 8.33. The Labute approximate surface area is 145 Å². The molecule has 3 aliphatic carbocycles. The van der Waals surface area contributed by atoms with Gasteiger partial charge in [-0.3, -0.25) is 0 Å². The summed E-state index contributed by atoms with van der Waals surface area (Å²) in [6.45, 7) is 6.62. The Balaban J connectivity index is 1.80. The number of aryl methyl sites for hydroxylation is 1. The van der Waals surface area contributed by atoms with E-state index in [0.717, 1.165) is 25.0 Å². The molecule has 0 spiro atoms. The second-order valence-corrected chi connectivity index (χ2v) is 8.33. The van der Waals surface area contributed by atoms with E-state index < -0.39 is 0 Å². The molecule has 130 valence electrons. The number of ether oxygens (including phenoxy) is 1. The number of fused-ring (bicyclic) bond motifs is 5. The molecule has 2 heteroatoms. The van der Waals surface area contributed by atoms with Crippen molar-refractivity contribution < 1.29 is 9.84 Å². The molecule has 4 rings (SSSR count). The fourth-order valence-corrected chi connectivity index (χ4v) is 6.53. The van der Waals surface area contributed by atoms with Gasteiger partial charge in [-0.2, -0.15) is 0 Å². The predicted octanol–water partition coefficient (Wildman–Crippen LogP) is 4.64. The van der Waals surface area contributed by atoms with E-state index in [0.29, 0.717) is 17.3 Å². The van der Waals surface area contributed by atoms with Crippen molar-refractivity contribution in [2.24, 2.45) is 17.3 Å². The minimum Gasteiger partial charge on any atom is -0.497 e. The number of methoxy groups -OCH3 is 1. The molecule has 0 aliphatic heterocycles. The third-order valence-corrected chi connectivity index (χ3v) is 7.75. The molecule has 3 aliphatic rings. The Bertz CT molecular complexity index is 651. The van der Waals surface area contributed by atoms with Crippen molar-refractivity contribution in [2.45, 2.75) is 63.4 Å². The van der Waals surface area contributed by atoms with E-state index in [1.807, 2.05) is 0 Å². The molecule has 0 saturated heterocycles. The maximum absolute atomic E-state index is 10.4. The van der Waals surface area contributed by atoms with E-state index in [9.17, 15) is 5.11 Å². The summed E-state index contributed by atoms with van der Waals surface area (Å²) in [6.07, 6.45) is 10.1. The minimum atomic E-state index is -0.104. The van der Waals surface area contributed by atoms with Crippen LogP contribution in [-0.2, 0) is 11.8 Å². The fourth-order valence-electron chi connectivity index (χ4n) is 6.53. The summed E-state index contributed by atoms with van der Waals surface area (Å²) in [6, 6.07) is 6.62. The maximum atomic E-state index is 10.4. The van der Waals surface area contributed by atoms with E-state index >= 15 is 0 Å². The van der Waals surface area contributed by atoms with E-state index in [2.05, 4.69) is 37.8 Å². The van der Waals surface area contributed by atoms with Crippen LogP contribution in [0.4, 0.5) is 0 Å². The van der Waals surface area contributed by atoms with Crippen LogP contribution < -0.4 is 4.74 Å². The van der Waals surface area contributed by atoms with Crippen molar-refractivity contribution in [3.05, 3.63) is 42.0 Å². The van der Waals surface area contributed by atoms with Gasteiger partial charge in [-0.15, -0.1) is 6.58 Å². The summed E-state index contributed by atoms with van der Waals surface area (Å²) >= 11 is 0. The first-order chi connectivity index (χ1) is 11.6. The molecule has 1 aromatic rings. The van der Waals surface area contributed by atoms with Crippen LogP contribution in [0.1, 0.15) is 56.6 Å². The van der Waals surface area contributed by atoms with Crippen LogP contribution in [0.3, 0.4) is 0 Å². The van der Waals surface area contributed by atoms with Crippen molar-refractivity contribution in [3.63, 3.8) is 0 Å². The Morgan fingerprint density at radius 1 is 1.33 bits per heavy atom. The average Bonchev–Trinajstić information content (AvgIpc) is 2.97. The van der Waals surface area contributed by atoms with Crippen LogP contribution in [0.2, 0.25) is 0 Å². The van der Waals surface area contributed by atoms with Crippen LogP contribution in [0, 0.1) is 17.3 Å². The Morgan fingerprint density at radius 3 is 2.88 bits per heavy atom. The van der Waals surface area contributed by atoms with Gasteiger partial charge < -0.3 is 9.84 Å². The Hall–Kier alpha value is -1.28. The van der Waals surface area contributed by atoms with Crippen molar-refractivity contribution in [1.29, 1.82) is 0 Å². The van der Waals surface area contributed by atoms with Gasteiger partial charge in [0.15, 0.2) is 0 Å². The van der Waals surface area contributed by atoms with E-state index in [1.54, 1.807) is 7.11 Å². The molecule has 5 atom stereocenters. The first-order valence-electron chi connectivity index (χ1n) is 9.57. The van der Waals surface area contributed by atoms with Gasteiger partial charge in [0.25, 0.3) is 0 Å². The lowest BCUT2D eigenvalue weighted by Gasteiger charge is -2.56. The van der Waals surface area contributed by atoms with Gasteiger partial charge in [0.1, 0.15) is 5.75 Å². The molecule has 0 bridgehead atoms. The van der Waals surface area contributed by atoms with E-state index in [4.69, 9.17) is 4.74 Å². The van der Waals surface area contributed by atoms with Gasteiger partial charge in [-0.05, 0) is 79.0 Å². The van der Waals surface area contributed by atoms with E-state index in [1.165, 1.54) is 36.8 Å². The highest BCUT2D eigenvalue weighted by Crippen LogP contribution is 2.64. The van der Waals surface area contributed by atoms with Gasteiger partial charge in [-0.1, -0.05) is 25.5 Å². The van der Waals surface area contributed by atoms with Gasteiger partial charge in [0.05, 0.1) is 13.2 Å². The number of rotatable bonds is 3. The topological polar surface area (TPSA) is 29.5 Å². The molecule has 2 nitrogen and oxygen atoms in total. The number of hydrogen-bond acceptors (Lipinski definition) is 2. The summed E-state index contributed by atoms with van der Waals surface area (Å²) < 4.78 is 5.44. The number of hydrogen-bond donors (Lipinski definition) is 1. The molecule has 0 amide bonds. The van der Waals surface area contributed by atoms with Crippen LogP contribution in [0.25, 0.3) is 0 Å². The highest BCUT2D eigenvalue weighted by Gasteiger charge is 2.58. The van der Waals surface area contributed by atoms with Crippen molar-refractivity contribution >= 4 is 0 Å². The number of aliphatic hydroxyl groups excluding tert-OH is 1. The smallest absolute Gasteiger partial charge is 0.119 e. The highest BCUT2D eigenvalue weighted by atomic mass is 16.5. The normalized spacial score (nSPS) is 40.4. The summed E-state index contributed by atoms with van der Waals surface area (Å²) in [5.74, 6) is 2.22. The number of aliphatic hydroxyl groups is 1. The fraction of sp³-hybridized carbons (Fsp3) is 0.636. The van der Waals surface area contributed by atoms with Crippen LogP contribution in [-0.4, -0.2) is 18.3 Å². The zero-order valence-electron chi connectivity index (χ0n) is 15.1. The molecule has 0 radical (unpaired) electrons. The highest BCUT2D eigenvalue weighted by molar-refractivity contribution is 5.46. The SMILES string of the molecule is C=C[C@]12CC[C@]3(CC)C[C@H](O)C[C@H]3[C@@H]1CCc1cc(OC)ccc12. The molecule has 0 heterocycles. The van der Waals surface area contributed by atoms with Gasteiger partial charge in [0, 0.05) is 5.41 Å². The molecule has 24 heavy (non-hydrogen) atoms. The summed E-state index contributed by atoms with van der Waals surface area (Å²) in [4.78, 5) is 0. The quantitative estimate of drug-likeness (QED) is 0.820. The standard InChI is InChI=1S/C22H30O2/c1-4-21-10-11-22(5-2)18-9-7-17(24-3)12-15(18)6-8-19(22)20(21)13-16(23)14-21/h5,7,9,12,16,19-20,23H,2,4,6,8,10-11,13-14H2,1,3H3/t16-,19+,20+,21-,22-/m1/s1. The van der Waals surface area contributed by atoms with Gasteiger partial charge >= 0.3 is 0 Å². The molecular weight excluding hydrogens is 296 g/mol. The molecule has 1 N–H and O–H groups in total. The Morgan fingerprint density at radius 2 is 2.17 bits per heavy atom. The van der Waals surface area contributed by atoms with Crippen LogP contribution >= 0.6 is 0 Å². The molecule has 0 unspecified atom stereocenters. The first-order valence-corrected chi connectivity index (χ1v) is 9.57. The zero-order valence-corrected chi connectivity index (χ0v) is 15.1. The van der Waals surface area contributed by atoms with E-state index in [-0.39, 0.29) is 11.5 Å². The monoisotopic (exact) mass is 326 g/mol. The molecule has 0 aromatic heterocycles. The molecular formula is C22H30O2. The summed E-state index contributed by atoms with van der Waals surface area (Å²) in [5, 5.41) is 10.4. The van der Waals surface area contributed by atoms with Gasteiger partial charge in [0.2, 0.25) is 0 Å². The predicted molar refractivity (Wildman–Crippen MR) is 97.4 cm³/mol. The van der Waals surface area contributed by atoms with Crippen molar-refractivity contribution in [2.75, 3.05) is 7.11 Å². The largest absolute Gasteiger partial charge is 0.497 e. The second kappa shape index (κ2) is 5.62. The average molecular weight is 326 g/mol. The summed E-state index contributed by atoms with van der Waals surface area (Å²) in [7, 11) is 1.74.